The average Bonchev–Trinajstić information content (AvgIpc) is 3.41. The van der Waals surface area contributed by atoms with E-state index in [0.29, 0.717) is 48.3 Å². The number of nitrogens with zero attached hydrogens (tertiary/aromatic N) is 1. The number of aromatic carboxylic acids is 1. The van der Waals surface area contributed by atoms with Gasteiger partial charge in [0.15, 0.2) is 0 Å². The van der Waals surface area contributed by atoms with Crippen molar-refractivity contribution >= 4 is 33.0 Å². The topological polar surface area (TPSA) is 155 Å². The normalized spacial score (nSPS) is 22.3. The molecular weight excluding hydrogens is 503 g/mol. The van der Waals surface area contributed by atoms with Crippen molar-refractivity contribution in [2.45, 2.75) is 36.3 Å². The number of hydrogen-bond acceptors (Lipinski definition) is 6. The van der Waals surface area contributed by atoms with Crippen LogP contribution < -0.4 is 10.5 Å². The van der Waals surface area contributed by atoms with E-state index in [0.717, 1.165) is 12.1 Å². The first-order valence-corrected chi connectivity index (χ1v) is 13.3. The number of nitrogens with one attached hydrogen (secondary N) is 2. The summed E-state index contributed by atoms with van der Waals surface area (Å²) < 4.78 is 46.8. The summed E-state index contributed by atoms with van der Waals surface area (Å²) in [5.41, 5.74) is 6.59. The molecule has 1 aliphatic carbocycles. The third-order valence-corrected chi connectivity index (χ3v) is 8.88. The smallest absolute Gasteiger partial charge is 0.411 e. The van der Waals surface area contributed by atoms with Crippen molar-refractivity contribution in [1.82, 2.24) is 14.6 Å². The lowest BCUT2D eigenvalue weighted by Crippen LogP contribution is -2.49. The van der Waals surface area contributed by atoms with Crippen molar-refractivity contribution in [2.75, 3.05) is 20.1 Å². The summed E-state index contributed by atoms with van der Waals surface area (Å²) in [7, 11) is -2.86. The highest BCUT2D eigenvalue weighted by Gasteiger charge is 2.54. The summed E-state index contributed by atoms with van der Waals surface area (Å²) in [4.78, 5) is 29.0. The summed E-state index contributed by atoms with van der Waals surface area (Å²) in [6, 6.07) is 8.25. The van der Waals surface area contributed by atoms with Crippen LogP contribution in [0.3, 0.4) is 0 Å². The van der Waals surface area contributed by atoms with Crippen LogP contribution in [-0.2, 0) is 14.8 Å². The lowest BCUT2D eigenvalue weighted by molar-refractivity contribution is -0.0439. The Morgan fingerprint density at radius 2 is 2.08 bits per heavy atom. The molecule has 2 heterocycles. The maximum absolute atomic E-state index is 14.8. The van der Waals surface area contributed by atoms with E-state index < -0.39 is 44.4 Å². The molecule has 196 valence electrons. The van der Waals surface area contributed by atoms with Crippen molar-refractivity contribution in [3.63, 3.8) is 0 Å². The van der Waals surface area contributed by atoms with Crippen LogP contribution in [0.1, 0.15) is 41.9 Å². The van der Waals surface area contributed by atoms with Gasteiger partial charge in [-0.2, -0.15) is 0 Å². The second kappa shape index (κ2) is 8.82. The largest absolute Gasteiger partial charge is 0.477 e. The van der Waals surface area contributed by atoms with Gasteiger partial charge in [-0.3, -0.25) is 4.90 Å². The molecule has 2 aliphatic rings. The Morgan fingerprint density at radius 1 is 1.35 bits per heavy atom. The van der Waals surface area contributed by atoms with E-state index in [-0.39, 0.29) is 16.8 Å². The van der Waals surface area contributed by atoms with Gasteiger partial charge in [0.2, 0.25) is 10.0 Å². The maximum Gasteiger partial charge on any atom is 0.411 e. The molecule has 12 heteroatoms. The highest BCUT2D eigenvalue weighted by atomic mass is 32.2. The summed E-state index contributed by atoms with van der Waals surface area (Å²) >= 11 is 0. The summed E-state index contributed by atoms with van der Waals surface area (Å²) in [6.07, 6.45) is 0.987. The average molecular weight is 531 g/mol. The molecule has 2 aromatic carbocycles. The Balaban J connectivity index is 1.57. The number of hydrogen-bond donors (Lipinski definition) is 4. The van der Waals surface area contributed by atoms with E-state index >= 15 is 0 Å². The summed E-state index contributed by atoms with van der Waals surface area (Å²) in [5.74, 6) is -1.95. The predicted molar refractivity (Wildman–Crippen MR) is 133 cm³/mol. The molecule has 0 radical (unpaired) electrons. The third-order valence-electron chi connectivity index (χ3n) is 7.43. The van der Waals surface area contributed by atoms with Gasteiger partial charge in [-0.15, -0.1) is 0 Å². The molecule has 0 bridgehead atoms. The molecule has 1 saturated carbocycles. The minimum absolute atomic E-state index is 0.177. The fourth-order valence-corrected chi connectivity index (χ4v) is 6.30. The molecule has 37 heavy (non-hydrogen) atoms. The van der Waals surface area contributed by atoms with Crippen LogP contribution in [0, 0.1) is 11.7 Å². The van der Waals surface area contributed by atoms with E-state index in [2.05, 4.69) is 9.71 Å². The number of aromatic nitrogens is 1. The molecule has 5 rings (SSSR count). The van der Waals surface area contributed by atoms with Crippen molar-refractivity contribution < 1.29 is 32.2 Å². The number of fused-ring (bicyclic) bond motifs is 1. The van der Waals surface area contributed by atoms with Gasteiger partial charge in [0.1, 0.15) is 22.0 Å². The first-order valence-electron chi connectivity index (χ1n) is 11.8. The molecule has 1 spiro atoms. The van der Waals surface area contributed by atoms with E-state index in [9.17, 15) is 27.5 Å². The van der Waals surface area contributed by atoms with Gasteiger partial charge in [-0.05, 0) is 62.5 Å². The number of para-hydroxylation sites is 1. The van der Waals surface area contributed by atoms with Crippen LogP contribution in [0.2, 0.25) is 0 Å². The molecule has 1 amide bonds. The Labute approximate surface area is 212 Å². The zero-order chi connectivity index (χ0) is 26.7. The number of rotatable bonds is 7. The van der Waals surface area contributed by atoms with Crippen LogP contribution in [0.25, 0.3) is 22.0 Å². The van der Waals surface area contributed by atoms with Crippen molar-refractivity contribution in [1.29, 1.82) is 0 Å². The number of carboxylic acid groups (broad SMARTS) is 1. The van der Waals surface area contributed by atoms with Crippen LogP contribution >= 0.6 is 0 Å². The minimum atomic E-state index is -4.03. The van der Waals surface area contributed by atoms with Crippen LogP contribution in [0.4, 0.5) is 9.18 Å². The lowest BCUT2D eigenvalue weighted by Gasteiger charge is -2.42. The monoisotopic (exact) mass is 530 g/mol. The maximum atomic E-state index is 14.8. The van der Waals surface area contributed by atoms with E-state index in [1.165, 1.54) is 13.1 Å². The second-order valence-corrected chi connectivity index (χ2v) is 11.5. The van der Waals surface area contributed by atoms with Gasteiger partial charge >= 0.3 is 12.1 Å². The highest BCUT2D eigenvalue weighted by Crippen LogP contribution is 2.47. The molecule has 1 saturated heterocycles. The van der Waals surface area contributed by atoms with Gasteiger partial charge in [0.25, 0.3) is 0 Å². The van der Waals surface area contributed by atoms with Gasteiger partial charge in [-0.25, -0.2) is 27.1 Å². The van der Waals surface area contributed by atoms with Crippen LogP contribution in [0.15, 0.2) is 41.3 Å². The first-order chi connectivity index (χ1) is 17.5. The molecule has 1 atom stereocenters. The molecule has 3 aromatic rings. The predicted octanol–water partition coefficient (Wildman–Crippen LogP) is 3.20. The van der Waals surface area contributed by atoms with E-state index in [4.69, 9.17) is 10.5 Å². The summed E-state index contributed by atoms with van der Waals surface area (Å²) in [6.45, 7) is 2.79. The van der Waals surface area contributed by atoms with Gasteiger partial charge in [-0.1, -0.05) is 24.3 Å². The Kier molecular flexibility index (Phi) is 6.00. The molecule has 1 aliphatic heterocycles. The van der Waals surface area contributed by atoms with E-state index in [1.54, 1.807) is 23.1 Å². The van der Waals surface area contributed by atoms with Crippen molar-refractivity contribution in [3.05, 3.63) is 53.5 Å². The molecule has 2 fully saturated rings. The molecular formula is C25H27FN4O6S. The number of ether oxygens (including phenoxy) is 1. The Bertz CT molecular complexity index is 1530. The fraction of sp³-hybridized carbons (Fsp3) is 0.360. The van der Waals surface area contributed by atoms with Gasteiger partial charge in [0, 0.05) is 10.9 Å². The molecule has 5 N–H and O–H groups in total. The number of carboxylic acids is 1. The number of sulfonamides is 1. The molecule has 10 nitrogen and oxygen atoms in total. The number of aromatic amines is 1. The van der Waals surface area contributed by atoms with Crippen LogP contribution in [0.5, 0.6) is 0 Å². The first kappa shape index (κ1) is 25.2. The van der Waals surface area contributed by atoms with Gasteiger partial charge in [0.05, 0.1) is 18.1 Å². The fourth-order valence-electron chi connectivity index (χ4n) is 5.52. The number of H-pyrrole nitrogens is 1. The number of carbonyl (C=O) groups is 2. The van der Waals surface area contributed by atoms with Crippen molar-refractivity contribution in [3.8, 4) is 11.1 Å². The zero-order valence-electron chi connectivity index (χ0n) is 20.2. The standard InChI is InChI=1S/C25H27FN4O6S/c1-13(30-12-25(36-24(30)33)9-14(10-25)11-27)16-4-3-5-17-20(22(23(31)32)29-21(16)17)15-6-7-19(18(26)8-15)37(34,35)28-2/h3-8,13-14,28-29H,9-12,27H2,1-2H3,(H,31,32)/t13-,14?,25?/m0/s1. The van der Waals surface area contributed by atoms with Gasteiger partial charge < -0.3 is 20.6 Å². The third kappa shape index (κ3) is 4.05. The van der Waals surface area contributed by atoms with Crippen molar-refractivity contribution in [2.24, 2.45) is 11.7 Å². The number of nitrogens with two attached hydrogens (primary N) is 1. The number of halogens is 1. The summed E-state index contributed by atoms with van der Waals surface area (Å²) in [5, 5.41) is 10.4. The highest BCUT2D eigenvalue weighted by molar-refractivity contribution is 7.89. The van der Waals surface area contributed by atoms with Crippen LogP contribution in [-0.4, -0.2) is 61.2 Å². The Morgan fingerprint density at radius 3 is 2.70 bits per heavy atom. The molecule has 1 aromatic heterocycles. The molecule has 0 unspecified atom stereocenters. The number of amides is 1. The lowest BCUT2D eigenvalue weighted by atomic mass is 9.71. The minimum Gasteiger partial charge on any atom is -0.477 e. The zero-order valence-corrected chi connectivity index (χ0v) is 21.1. The number of benzene rings is 2. The quantitative estimate of drug-likeness (QED) is 0.366. The Hall–Kier alpha value is -3.48. The van der Waals surface area contributed by atoms with E-state index in [1.807, 2.05) is 6.92 Å². The SMILES string of the molecule is CNS(=O)(=O)c1ccc(-c2c(C(=O)O)[nH]c3c([C@H](C)N4CC5(CC(CN)C5)OC4=O)cccc23)cc1F. The second-order valence-electron chi connectivity index (χ2n) is 9.67. The number of carbonyl (C=O) groups excluding carboxylic acids is 1.